The predicted octanol–water partition coefficient (Wildman–Crippen LogP) is -5.01. The average molecular weight is 114 g/mol. The van der Waals surface area contributed by atoms with Gasteiger partial charge in [-0.05, 0) is 0 Å². The topological polar surface area (TPSA) is 0 Å². The molecule has 0 amide bonds. The summed E-state index contributed by atoms with van der Waals surface area (Å²) >= 11 is 6.44. The summed E-state index contributed by atoms with van der Waals surface area (Å²) in [5, 5.41) is 0. The summed E-state index contributed by atoms with van der Waals surface area (Å²) in [5.74, 6) is 0. The van der Waals surface area contributed by atoms with Gasteiger partial charge in [-0.2, -0.15) is 0 Å². The van der Waals surface area contributed by atoms with Crippen LogP contribution in [-0.4, -0.2) is 0 Å². The fourth-order valence-corrected chi connectivity index (χ4v) is 0. The van der Waals surface area contributed by atoms with E-state index in [9.17, 15) is 0 Å². The number of hydrogen-bond acceptors (Lipinski definition) is 2. The van der Waals surface area contributed by atoms with Gasteiger partial charge in [-0.3, -0.25) is 0 Å². The largest absolute Gasteiger partial charge is 1.00 e. The number of rotatable bonds is 0. The molecule has 0 aliphatic carbocycles. The first kappa shape index (κ1) is 15.9. The Bertz CT molecular complexity index is 9.51. The molecule has 0 rings (SSSR count). The van der Waals surface area contributed by atoms with Crippen molar-refractivity contribution in [1.29, 1.82) is 0 Å². The van der Waals surface area contributed by atoms with Gasteiger partial charge in [0, 0.05) is 0 Å². The van der Waals surface area contributed by atoms with Crippen molar-refractivity contribution in [3.8, 4) is 0 Å². The van der Waals surface area contributed by atoms with Crippen molar-refractivity contribution in [2.45, 2.75) is 0 Å². The van der Waals surface area contributed by atoms with Gasteiger partial charge in [0.25, 0.3) is 0 Å². The summed E-state index contributed by atoms with van der Waals surface area (Å²) < 4.78 is 0. The molecule has 0 radical (unpaired) electrons. The first-order chi connectivity index (χ1) is 1.00. The van der Waals surface area contributed by atoms with Crippen molar-refractivity contribution in [2.24, 2.45) is 0 Å². The van der Waals surface area contributed by atoms with E-state index in [0.29, 0.717) is 0 Å². The molecule has 0 aromatic heterocycles. The van der Waals surface area contributed by atoms with Crippen LogP contribution in [0.15, 0.2) is 0 Å². The van der Waals surface area contributed by atoms with Crippen molar-refractivity contribution >= 4 is 23.3 Å². The summed E-state index contributed by atoms with van der Waals surface area (Å²) in [4.78, 5) is 0. The molecule has 0 nitrogen and oxygen atoms in total. The Morgan fingerprint density at radius 2 is 1.00 bits per heavy atom. The third-order valence-electron chi connectivity index (χ3n) is 0. The molecule has 0 bridgehead atoms. The summed E-state index contributed by atoms with van der Waals surface area (Å²) in [6.07, 6.45) is 0. The molecule has 0 saturated carbocycles. The fraction of sp³-hybridized carbons (Fsp3) is 0. The Balaban J connectivity index is -0.000000000833. The van der Waals surface area contributed by atoms with Gasteiger partial charge < -0.3 is 2.85 Å². The van der Waals surface area contributed by atoms with Crippen molar-refractivity contribution in [2.75, 3.05) is 0 Å². The van der Waals surface area contributed by atoms with Crippen LogP contribution in [0.1, 0.15) is 2.85 Å². The standard InChI is InChI=1S/2Na.H2S2.2H/c;;1-2;;/h;;1-2H;;/q2*+1;;2*-1. The SMILES string of the molecule is SS.[H-].[H-].[Na+].[Na+]. The molecular formula is H4Na2S2. The molecule has 0 unspecified atom stereocenters. The van der Waals surface area contributed by atoms with Crippen molar-refractivity contribution in [3.63, 3.8) is 0 Å². The molecule has 18 valence electrons. The van der Waals surface area contributed by atoms with Crippen LogP contribution < -0.4 is 59.1 Å². The van der Waals surface area contributed by atoms with Crippen molar-refractivity contribution < 1.29 is 62.0 Å². The first-order valence-electron chi connectivity index (χ1n) is 0.200. The van der Waals surface area contributed by atoms with E-state index in [2.05, 4.69) is 23.3 Å². The van der Waals surface area contributed by atoms with Gasteiger partial charge in [-0.15, -0.1) is 23.3 Å². The van der Waals surface area contributed by atoms with Crippen molar-refractivity contribution in [3.05, 3.63) is 0 Å². The van der Waals surface area contributed by atoms with Gasteiger partial charge in [0.15, 0.2) is 0 Å². The van der Waals surface area contributed by atoms with Crippen LogP contribution >= 0.6 is 23.3 Å². The monoisotopic (exact) mass is 114 g/mol. The van der Waals surface area contributed by atoms with Gasteiger partial charge in [-0.25, -0.2) is 0 Å². The van der Waals surface area contributed by atoms with E-state index in [1.807, 2.05) is 0 Å². The zero-order valence-corrected chi connectivity index (χ0v) is 8.68. The summed E-state index contributed by atoms with van der Waals surface area (Å²) in [6.45, 7) is 0. The van der Waals surface area contributed by atoms with Crippen molar-refractivity contribution in [1.82, 2.24) is 0 Å². The second-order valence-corrected chi connectivity index (χ2v) is 0. The Kier molecular flexibility index (Phi) is 68.7. The van der Waals surface area contributed by atoms with Gasteiger partial charge in [0.05, 0.1) is 0 Å². The minimum atomic E-state index is 0. The molecule has 0 N–H and O–H groups in total. The Morgan fingerprint density at radius 3 is 1.00 bits per heavy atom. The molecule has 0 atom stereocenters. The third-order valence-corrected chi connectivity index (χ3v) is 0. The van der Waals surface area contributed by atoms with E-state index < -0.39 is 0 Å². The third kappa shape index (κ3) is 8.83. The second-order valence-electron chi connectivity index (χ2n) is 0. The van der Waals surface area contributed by atoms with E-state index in [0.717, 1.165) is 0 Å². The quantitative estimate of drug-likeness (QED) is 0.176. The van der Waals surface area contributed by atoms with E-state index in [1.54, 1.807) is 0 Å². The second kappa shape index (κ2) is 17.3. The van der Waals surface area contributed by atoms with E-state index in [4.69, 9.17) is 0 Å². The van der Waals surface area contributed by atoms with Crippen LogP contribution in [0.2, 0.25) is 0 Å². The predicted molar refractivity (Wildman–Crippen MR) is 20.2 cm³/mol. The minimum Gasteiger partial charge on any atom is -1.00 e. The van der Waals surface area contributed by atoms with Crippen LogP contribution in [0.25, 0.3) is 0 Å². The molecule has 0 aliphatic heterocycles. The molecule has 0 saturated heterocycles. The fourth-order valence-electron chi connectivity index (χ4n) is 0. The molecule has 0 heterocycles. The van der Waals surface area contributed by atoms with E-state index >= 15 is 0 Å². The molecule has 0 spiro atoms. The summed E-state index contributed by atoms with van der Waals surface area (Å²) in [7, 11) is 0. The zero-order valence-electron chi connectivity index (χ0n) is 4.89. The van der Waals surface area contributed by atoms with Gasteiger partial charge in [0.2, 0.25) is 0 Å². The minimum absolute atomic E-state index is 0. The van der Waals surface area contributed by atoms with Crippen LogP contribution in [0, 0.1) is 0 Å². The van der Waals surface area contributed by atoms with Gasteiger partial charge >= 0.3 is 59.1 Å². The summed E-state index contributed by atoms with van der Waals surface area (Å²) in [5.41, 5.74) is 0. The van der Waals surface area contributed by atoms with Crippen LogP contribution in [0.3, 0.4) is 0 Å². The van der Waals surface area contributed by atoms with E-state index in [1.165, 1.54) is 0 Å². The zero-order chi connectivity index (χ0) is 2.00. The Hall–Kier alpha value is 2.70. The molecule has 0 fully saturated rings. The molecule has 4 heavy (non-hydrogen) atoms. The number of hydrogen-bond donors (Lipinski definition) is 2. The Morgan fingerprint density at radius 1 is 1.00 bits per heavy atom. The maximum absolute atomic E-state index is 3.22. The van der Waals surface area contributed by atoms with Crippen LogP contribution in [-0.2, 0) is 0 Å². The molecule has 0 aromatic carbocycles. The maximum atomic E-state index is 3.22. The van der Waals surface area contributed by atoms with Gasteiger partial charge in [-0.1, -0.05) is 0 Å². The normalized spacial score (nSPS) is 1.50. The average Bonchev–Trinajstić information content (AvgIpc) is 1.00. The van der Waals surface area contributed by atoms with Crippen LogP contribution in [0.5, 0.6) is 0 Å². The number of thiol groups is 2. The molecular weight excluding hydrogens is 110 g/mol. The van der Waals surface area contributed by atoms with E-state index in [-0.39, 0.29) is 62.0 Å². The maximum Gasteiger partial charge on any atom is 1.00 e. The molecule has 4 heteroatoms. The molecule has 0 aromatic rings. The summed E-state index contributed by atoms with van der Waals surface area (Å²) in [6, 6.07) is 0. The first-order valence-corrected chi connectivity index (χ1v) is 1.80. The van der Waals surface area contributed by atoms with Gasteiger partial charge in [0.1, 0.15) is 0 Å². The smallest absolute Gasteiger partial charge is 1.00 e. The Labute approximate surface area is 83.9 Å². The van der Waals surface area contributed by atoms with Crippen LogP contribution in [0.4, 0.5) is 0 Å². The molecule has 0 aliphatic rings.